The predicted molar refractivity (Wildman–Crippen MR) is 216 cm³/mol. The molecule has 0 aliphatic rings. The third-order valence-electron chi connectivity index (χ3n) is 10.4. The molecule has 10 rings (SSSR count). The summed E-state index contributed by atoms with van der Waals surface area (Å²) >= 11 is 0. The molecule has 0 heterocycles. The lowest BCUT2D eigenvalue weighted by molar-refractivity contribution is 1.62. The summed E-state index contributed by atoms with van der Waals surface area (Å²) in [6.07, 6.45) is 0. The summed E-state index contributed by atoms with van der Waals surface area (Å²) < 4.78 is 0. The lowest BCUT2D eigenvalue weighted by Crippen LogP contribution is -1.91. The third kappa shape index (κ3) is 4.61. The molecule has 0 aliphatic carbocycles. The predicted octanol–water partition coefficient (Wildman–Crippen LogP) is 14.1. The molecule has 232 valence electrons. The van der Waals surface area contributed by atoms with Crippen molar-refractivity contribution < 1.29 is 0 Å². The van der Waals surface area contributed by atoms with Crippen molar-refractivity contribution in [3.8, 4) is 44.5 Å². The Balaban J connectivity index is 1.11. The van der Waals surface area contributed by atoms with Crippen molar-refractivity contribution in [1.82, 2.24) is 0 Å². The molecule has 0 amide bonds. The van der Waals surface area contributed by atoms with Crippen molar-refractivity contribution >= 4 is 53.9 Å². The molecule has 0 saturated carbocycles. The fraction of sp³-hybridized carbons (Fsp3) is 0. The summed E-state index contributed by atoms with van der Waals surface area (Å²) in [5, 5.41) is 12.7. The van der Waals surface area contributed by atoms with Crippen molar-refractivity contribution in [2.75, 3.05) is 0 Å². The van der Waals surface area contributed by atoms with Gasteiger partial charge in [-0.2, -0.15) is 0 Å². The van der Waals surface area contributed by atoms with E-state index in [0.29, 0.717) is 0 Å². The molecule has 0 saturated heterocycles. The molecule has 50 heavy (non-hydrogen) atoms. The molecule has 10 aromatic carbocycles. The normalized spacial score (nSPS) is 11.6. The summed E-state index contributed by atoms with van der Waals surface area (Å²) in [4.78, 5) is 0. The average molecular weight is 633 g/mol. The standard InChI is InChI=1S/C50H32/c1-2-12-40-32-41(31-22-33(40)10-1)34-20-26-38(27-21-34)49-44-15-5-7-17-46(44)50(47-18-8-6-16-45(47)49)39-29-24-36(25-30-39)43-19-9-13-37-28-23-35-11-3-4-14-42(35)48(37)43/h1-32H. The summed E-state index contributed by atoms with van der Waals surface area (Å²) in [5.41, 5.74) is 9.98. The van der Waals surface area contributed by atoms with E-state index in [0.717, 1.165) is 0 Å². The van der Waals surface area contributed by atoms with Gasteiger partial charge in [0.05, 0.1) is 0 Å². The van der Waals surface area contributed by atoms with Gasteiger partial charge in [0.2, 0.25) is 0 Å². The molecule has 0 N–H and O–H groups in total. The van der Waals surface area contributed by atoms with E-state index in [-0.39, 0.29) is 0 Å². The van der Waals surface area contributed by atoms with E-state index in [9.17, 15) is 0 Å². The van der Waals surface area contributed by atoms with Crippen LogP contribution in [0.15, 0.2) is 194 Å². The molecule has 0 aromatic heterocycles. The van der Waals surface area contributed by atoms with Gasteiger partial charge < -0.3 is 0 Å². The van der Waals surface area contributed by atoms with E-state index in [1.54, 1.807) is 0 Å². The van der Waals surface area contributed by atoms with Gasteiger partial charge in [0, 0.05) is 0 Å². The van der Waals surface area contributed by atoms with E-state index >= 15 is 0 Å². The van der Waals surface area contributed by atoms with Crippen LogP contribution in [0.4, 0.5) is 0 Å². The zero-order valence-corrected chi connectivity index (χ0v) is 27.5. The van der Waals surface area contributed by atoms with Crippen LogP contribution < -0.4 is 0 Å². The highest BCUT2D eigenvalue weighted by Gasteiger charge is 2.17. The molecule has 0 fully saturated rings. The summed E-state index contributed by atoms with van der Waals surface area (Å²) in [6.45, 7) is 0. The monoisotopic (exact) mass is 632 g/mol. The average Bonchev–Trinajstić information content (AvgIpc) is 3.19. The van der Waals surface area contributed by atoms with Gasteiger partial charge in [0.1, 0.15) is 0 Å². The summed E-state index contributed by atoms with van der Waals surface area (Å²) in [7, 11) is 0. The van der Waals surface area contributed by atoms with Gasteiger partial charge in [0.15, 0.2) is 0 Å². The Morgan fingerprint density at radius 3 is 1.26 bits per heavy atom. The van der Waals surface area contributed by atoms with E-state index < -0.39 is 0 Å². The van der Waals surface area contributed by atoms with Crippen LogP contribution in [0.2, 0.25) is 0 Å². The summed E-state index contributed by atoms with van der Waals surface area (Å²) in [6, 6.07) is 71.3. The Morgan fingerprint density at radius 1 is 0.220 bits per heavy atom. The zero-order valence-electron chi connectivity index (χ0n) is 27.5. The van der Waals surface area contributed by atoms with Crippen LogP contribution >= 0.6 is 0 Å². The first-order valence-electron chi connectivity index (χ1n) is 17.3. The molecule has 0 bridgehead atoms. The first-order chi connectivity index (χ1) is 24.8. The van der Waals surface area contributed by atoms with E-state index in [2.05, 4.69) is 194 Å². The van der Waals surface area contributed by atoms with Crippen molar-refractivity contribution in [3.63, 3.8) is 0 Å². The Hall–Kier alpha value is -6.50. The molecule has 0 spiro atoms. The summed E-state index contributed by atoms with van der Waals surface area (Å²) in [5.74, 6) is 0. The fourth-order valence-electron chi connectivity index (χ4n) is 8.06. The second-order valence-electron chi connectivity index (χ2n) is 13.2. The molecule has 10 aromatic rings. The first kappa shape index (κ1) is 28.5. The maximum Gasteiger partial charge on any atom is -0.00264 e. The van der Waals surface area contributed by atoms with Crippen molar-refractivity contribution in [2.45, 2.75) is 0 Å². The quantitative estimate of drug-likeness (QED) is 0.134. The van der Waals surface area contributed by atoms with Gasteiger partial charge in [-0.25, -0.2) is 0 Å². The molecule has 0 radical (unpaired) electrons. The molecule has 0 atom stereocenters. The Labute approximate surface area is 291 Å². The van der Waals surface area contributed by atoms with Crippen molar-refractivity contribution in [3.05, 3.63) is 194 Å². The van der Waals surface area contributed by atoms with Gasteiger partial charge in [-0.1, -0.05) is 188 Å². The van der Waals surface area contributed by atoms with Crippen LogP contribution in [0.1, 0.15) is 0 Å². The Morgan fingerprint density at radius 2 is 0.640 bits per heavy atom. The minimum Gasteiger partial charge on any atom is -0.0616 e. The number of hydrogen-bond donors (Lipinski definition) is 0. The highest BCUT2D eigenvalue weighted by molar-refractivity contribution is 6.21. The highest BCUT2D eigenvalue weighted by atomic mass is 14.2. The maximum absolute atomic E-state index is 2.31. The van der Waals surface area contributed by atoms with Crippen molar-refractivity contribution in [2.24, 2.45) is 0 Å². The maximum atomic E-state index is 2.31. The molecular formula is C50H32. The second-order valence-corrected chi connectivity index (χ2v) is 13.2. The van der Waals surface area contributed by atoms with Gasteiger partial charge in [-0.15, -0.1) is 0 Å². The molecular weight excluding hydrogens is 601 g/mol. The van der Waals surface area contributed by atoms with Crippen LogP contribution in [0.5, 0.6) is 0 Å². The molecule has 0 aliphatic heterocycles. The smallest absolute Gasteiger partial charge is 0.00264 e. The Kier molecular flexibility index (Phi) is 6.60. The number of hydrogen-bond acceptors (Lipinski definition) is 0. The number of benzene rings is 10. The molecule has 0 nitrogen and oxygen atoms in total. The fourth-order valence-corrected chi connectivity index (χ4v) is 8.06. The topological polar surface area (TPSA) is 0 Å². The van der Waals surface area contributed by atoms with Crippen LogP contribution in [-0.4, -0.2) is 0 Å². The third-order valence-corrected chi connectivity index (χ3v) is 10.4. The zero-order chi connectivity index (χ0) is 33.0. The lowest BCUT2D eigenvalue weighted by atomic mass is 9.85. The van der Waals surface area contributed by atoms with Gasteiger partial charge in [-0.3, -0.25) is 0 Å². The van der Waals surface area contributed by atoms with Gasteiger partial charge in [0.25, 0.3) is 0 Å². The van der Waals surface area contributed by atoms with Crippen LogP contribution in [-0.2, 0) is 0 Å². The SMILES string of the molecule is c1ccc2cc(-c3ccc(-c4c5ccccc5c(-c5ccc(-c6cccc7ccc8ccccc8c67)cc5)c5ccccc45)cc3)ccc2c1. The minimum absolute atomic E-state index is 1.23. The number of fused-ring (bicyclic) bond motifs is 6. The van der Waals surface area contributed by atoms with Crippen LogP contribution in [0, 0.1) is 0 Å². The largest absolute Gasteiger partial charge is 0.0616 e. The highest BCUT2D eigenvalue weighted by Crippen LogP contribution is 2.44. The Bertz CT molecular complexity index is 2840. The molecule has 0 unspecified atom stereocenters. The van der Waals surface area contributed by atoms with E-state index in [1.165, 1.54) is 98.4 Å². The minimum atomic E-state index is 1.23. The van der Waals surface area contributed by atoms with Crippen LogP contribution in [0.25, 0.3) is 98.4 Å². The second kappa shape index (κ2) is 11.6. The van der Waals surface area contributed by atoms with Gasteiger partial charge >= 0.3 is 0 Å². The van der Waals surface area contributed by atoms with Crippen molar-refractivity contribution in [1.29, 1.82) is 0 Å². The van der Waals surface area contributed by atoms with Gasteiger partial charge in [-0.05, 0) is 104 Å². The van der Waals surface area contributed by atoms with E-state index in [4.69, 9.17) is 0 Å². The number of rotatable bonds is 4. The lowest BCUT2D eigenvalue weighted by Gasteiger charge is -2.18. The van der Waals surface area contributed by atoms with Crippen LogP contribution in [0.3, 0.4) is 0 Å². The first-order valence-corrected chi connectivity index (χ1v) is 17.3. The molecule has 0 heteroatoms. The van der Waals surface area contributed by atoms with E-state index in [1.807, 2.05) is 0 Å².